The molecule has 8 heteroatoms. The fourth-order valence-corrected chi connectivity index (χ4v) is 5.06. The molecular formula is C49H82N8. The molecule has 0 aliphatic carbocycles. The summed E-state index contributed by atoms with van der Waals surface area (Å²) in [6.45, 7) is 43.4. The first-order valence-corrected chi connectivity index (χ1v) is 21.6. The van der Waals surface area contributed by atoms with Crippen LogP contribution in [0.4, 0.5) is 0 Å². The van der Waals surface area contributed by atoms with Crippen LogP contribution in [0.15, 0.2) is 73.8 Å². The molecule has 0 N–H and O–H groups in total. The van der Waals surface area contributed by atoms with Crippen molar-refractivity contribution in [3.63, 3.8) is 0 Å². The standard InChI is InChI=1S/C12H18.C11H17N.2C9H16N2.C8H15N3/c1-9(2)11-6-5-7-12(8-11)10(3)4;1-8(2)10-5-11(9(3)4)7-12-6-10;1-7(2)9-5-11(6-10-9)8(3)4;1-7(2)9-5-10-11(6-9)8(3)4;1-6(2)8-5-11(7(3)4)10-9-8/h5-10H,1-4H3;5-9H,1-4H3;2*5-8H,1-4H3;5-7H,1-4H3. The summed E-state index contributed by atoms with van der Waals surface area (Å²) >= 11 is 0. The number of hydrogen-bond donors (Lipinski definition) is 0. The molecule has 1 aromatic carbocycles. The van der Waals surface area contributed by atoms with Crippen LogP contribution in [0, 0.1) is 0 Å². The topological polar surface area (TPSA) is 79.2 Å². The maximum atomic E-state index is 4.30. The van der Waals surface area contributed by atoms with Crippen LogP contribution >= 0.6 is 0 Å². The first-order valence-electron chi connectivity index (χ1n) is 21.6. The molecule has 4 heterocycles. The van der Waals surface area contributed by atoms with Gasteiger partial charge < -0.3 is 4.57 Å². The molecule has 0 radical (unpaired) electrons. The Labute approximate surface area is 349 Å². The summed E-state index contributed by atoms with van der Waals surface area (Å²) < 4.78 is 6.01. The summed E-state index contributed by atoms with van der Waals surface area (Å²) in [6.07, 6.45) is 14.0. The first kappa shape index (κ1) is 50.9. The van der Waals surface area contributed by atoms with Gasteiger partial charge in [-0.1, -0.05) is 132 Å². The summed E-state index contributed by atoms with van der Waals surface area (Å²) in [5, 5.41) is 12.3. The SMILES string of the molecule is CC(C)c1cccc(C(C)C)c1.CC(C)c1cn(C(C)C)cn1.CC(C)c1cn(C(C)C)nn1.CC(C)c1cncc(C(C)C)c1.CC(C)c1cnn(C(C)C)c1. The van der Waals surface area contributed by atoms with Crippen LogP contribution in [0.25, 0.3) is 0 Å². The van der Waals surface area contributed by atoms with Crippen LogP contribution in [0.1, 0.15) is 237 Å². The number of hydrogen-bond acceptors (Lipinski definition) is 5. The van der Waals surface area contributed by atoms with Gasteiger partial charge in [-0.3, -0.25) is 9.67 Å². The summed E-state index contributed by atoms with van der Waals surface area (Å²) in [5.41, 5.74) is 9.13. The zero-order chi connectivity index (χ0) is 43.6. The van der Waals surface area contributed by atoms with E-state index in [1.807, 2.05) is 40.5 Å². The molecule has 0 amide bonds. The lowest BCUT2D eigenvalue weighted by molar-refractivity contribution is 0.514. The molecule has 5 aromatic rings. The molecular weight excluding hydrogens is 701 g/mol. The van der Waals surface area contributed by atoms with Gasteiger partial charge >= 0.3 is 0 Å². The molecule has 0 saturated heterocycles. The van der Waals surface area contributed by atoms with E-state index in [-0.39, 0.29) is 0 Å². The molecule has 0 saturated carbocycles. The van der Waals surface area contributed by atoms with Crippen LogP contribution in [0.3, 0.4) is 0 Å². The van der Waals surface area contributed by atoms with Crippen molar-refractivity contribution < 1.29 is 0 Å². The predicted molar refractivity (Wildman–Crippen MR) is 245 cm³/mol. The number of imidazole rings is 1. The number of benzene rings is 1. The smallest absolute Gasteiger partial charge is 0.0951 e. The molecule has 0 unspecified atom stereocenters. The van der Waals surface area contributed by atoms with E-state index >= 15 is 0 Å². The average molecular weight is 783 g/mol. The first-order chi connectivity index (χ1) is 26.5. The van der Waals surface area contributed by atoms with Crippen molar-refractivity contribution in [2.45, 2.75) is 198 Å². The quantitative estimate of drug-likeness (QED) is 0.141. The van der Waals surface area contributed by atoms with Crippen molar-refractivity contribution in [2.75, 3.05) is 0 Å². The second-order valence-electron chi connectivity index (χ2n) is 18.2. The number of pyridine rings is 1. The summed E-state index contributed by atoms with van der Waals surface area (Å²) in [6, 6.07) is 12.5. The van der Waals surface area contributed by atoms with Gasteiger partial charge in [0.2, 0.25) is 0 Å². The van der Waals surface area contributed by atoms with Gasteiger partial charge in [-0.2, -0.15) is 5.10 Å². The minimum Gasteiger partial charge on any atom is -0.335 e. The highest BCUT2D eigenvalue weighted by atomic mass is 15.4. The maximum Gasteiger partial charge on any atom is 0.0951 e. The zero-order valence-corrected chi connectivity index (χ0v) is 39.8. The third-order valence-electron chi connectivity index (χ3n) is 9.63. The Balaban J connectivity index is 0.000000356. The Kier molecular flexibility index (Phi) is 22.6. The normalized spacial score (nSPS) is 11.3. The molecule has 0 spiro atoms. The predicted octanol–water partition coefficient (Wildman–Crippen LogP) is 14.4. The van der Waals surface area contributed by atoms with E-state index in [1.165, 1.54) is 33.5 Å². The highest BCUT2D eigenvalue weighted by Crippen LogP contribution is 2.21. The van der Waals surface area contributed by atoms with Crippen LogP contribution in [-0.2, 0) is 0 Å². The maximum absolute atomic E-state index is 4.30. The molecule has 8 nitrogen and oxygen atoms in total. The number of aromatic nitrogens is 8. The van der Waals surface area contributed by atoms with Gasteiger partial charge in [-0.25, -0.2) is 9.67 Å². The van der Waals surface area contributed by atoms with Gasteiger partial charge in [0.1, 0.15) is 0 Å². The molecule has 318 valence electrons. The minimum absolute atomic E-state index is 0.412. The van der Waals surface area contributed by atoms with Gasteiger partial charge in [-0.05, 0) is 111 Å². The molecule has 0 aliphatic rings. The summed E-state index contributed by atoms with van der Waals surface area (Å²) in [4.78, 5) is 8.53. The monoisotopic (exact) mass is 783 g/mol. The lowest BCUT2D eigenvalue weighted by Gasteiger charge is -2.09. The van der Waals surface area contributed by atoms with Crippen LogP contribution < -0.4 is 0 Å². The summed E-state index contributed by atoms with van der Waals surface area (Å²) in [7, 11) is 0. The van der Waals surface area contributed by atoms with Gasteiger partial charge in [0, 0.05) is 49.1 Å². The van der Waals surface area contributed by atoms with E-state index < -0.39 is 0 Å². The van der Waals surface area contributed by atoms with Gasteiger partial charge in [0.15, 0.2) is 0 Å². The van der Waals surface area contributed by atoms with Gasteiger partial charge in [0.05, 0.1) is 23.9 Å². The largest absolute Gasteiger partial charge is 0.335 e. The molecule has 0 fully saturated rings. The Hall–Kier alpha value is -4.07. The Morgan fingerprint density at radius 2 is 0.877 bits per heavy atom. The Morgan fingerprint density at radius 3 is 1.18 bits per heavy atom. The highest BCUT2D eigenvalue weighted by molar-refractivity contribution is 5.27. The summed E-state index contributed by atoms with van der Waals surface area (Å²) in [5.74, 6) is 4.04. The van der Waals surface area contributed by atoms with Crippen molar-refractivity contribution in [2.24, 2.45) is 0 Å². The van der Waals surface area contributed by atoms with Gasteiger partial charge in [-0.15, -0.1) is 5.10 Å². The van der Waals surface area contributed by atoms with Crippen molar-refractivity contribution in [3.8, 4) is 0 Å². The van der Waals surface area contributed by atoms with E-state index in [4.69, 9.17) is 0 Å². The zero-order valence-electron chi connectivity index (χ0n) is 39.8. The van der Waals surface area contributed by atoms with Crippen molar-refractivity contribution in [1.29, 1.82) is 0 Å². The van der Waals surface area contributed by atoms with Crippen molar-refractivity contribution in [3.05, 3.63) is 113 Å². The molecule has 0 bridgehead atoms. The number of rotatable bonds is 10. The third-order valence-corrected chi connectivity index (χ3v) is 9.63. The average Bonchev–Trinajstić information content (AvgIpc) is 3.95. The fourth-order valence-electron chi connectivity index (χ4n) is 5.06. The molecule has 5 rings (SSSR count). The minimum atomic E-state index is 0.412. The lowest BCUT2D eigenvalue weighted by Crippen LogP contribution is -2.00. The Morgan fingerprint density at radius 1 is 0.421 bits per heavy atom. The number of nitrogens with zero attached hydrogens (tertiary/aromatic N) is 8. The van der Waals surface area contributed by atoms with E-state index in [0.717, 1.165) is 5.69 Å². The van der Waals surface area contributed by atoms with Gasteiger partial charge in [0.25, 0.3) is 0 Å². The van der Waals surface area contributed by atoms with E-state index in [0.29, 0.717) is 59.6 Å². The molecule has 0 aliphatic heterocycles. The van der Waals surface area contributed by atoms with E-state index in [1.54, 1.807) is 0 Å². The highest BCUT2D eigenvalue weighted by Gasteiger charge is 2.08. The van der Waals surface area contributed by atoms with Crippen LogP contribution in [0.2, 0.25) is 0 Å². The van der Waals surface area contributed by atoms with Crippen molar-refractivity contribution in [1.82, 2.24) is 39.3 Å². The molecule has 4 aromatic heterocycles. The van der Waals surface area contributed by atoms with Crippen LogP contribution in [-0.4, -0.2) is 39.3 Å². The third kappa shape index (κ3) is 18.8. The Bertz CT molecular complexity index is 1490. The fraction of sp³-hybridized carbons (Fsp3) is 0.612. The second kappa shape index (κ2) is 25.3. The molecule has 57 heavy (non-hydrogen) atoms. The molecule has 0 atom stereocenters. The van der Waals surface area contributed by atoms with E-state index in [2.05, 4.69) is 211 Å². The second-order valence-corrected chi connectivity index (χ2v) is 18.2. The van der Waals surface area contributed by atoms with E-state index in [9.17, 15) is 0 Å². The van der Waals surface area contributed by atoms with Crippen molar-refractivity contribution >= 4 is 0 Å². The lowest BCUT2D eigenvalue weighted by atomic mass is 9.96. The van der Waals surface area contributed by atoms with Crippen LogP contribution in [0.5, 0.6) is 0 Å².